The molecule has 9 heteroatoms. The predicted molar refractivity (Wildman–Crippen MR) is 107 cm³/mol. The van der Waals surface area contributed by atoms with E-state index in [2.05, 4.69) is 25.7 Å². The highest BCUT2D eigenvalue weighted by Gasteiger charge is 2.21. The summed E-state index contributed by atoms with van der Waals surface area (Å²) in [5.41, 5.74) is 3.61. The second-order valence-electron chi connectivity index (χ2n) is 7.11. The largest absolute Gasteiger partial charge is 0.348 e. The fourth-order valence-electron chi connectivity index (χ4n) is 3.27. The second kappa shape index (κ2) is 7.50. The van der Waals surface area contributed by atoms with Crippen molar-refractivity contribution in [3.8, 4) is 11.4 Å². The van der Waals surface area contributed by atoms with Gasteiger partial charge in [0.05, 0.1) is 34.6 Å². The van der Waals surface area contributed by atoms with E-state index in [1.165, 1.54) is 0 Å². The predicted octanol–water partition coefficient (Wildman–Crippen LogP) is 2.74. The van der Waals surface area contributed by atoms with Crippen molar-refractivity contribution < 1.29 is 9.32 Å². The number of aromatic nitrogens is 6. The average Bonchev–Trinajstić information content (AvgIpc) is 3.41. The van der Waals surface area contributed by atoms with Gasteiger partial charge in [-0.15, -0.1) is 0 Å². The van der Waals surface area contributed by atoms with Crippen LogP contribution in [-0.4, -0.2) is 41.7 Å². The number of hydrogen-bond donors (Lipinski definition) is 1. The Morgan fingerprint density at radius 2 is 1.97 bits per heavy atom. The number of fused-ring (bicyclic) bond motifs is 1. The Balaban J connectivity index is 1.65. The van der Waals surface area contributed by atoms with Crippen LogP contribution in [0.2, 0.25) is 0 Å². The fourth-order valence-corrected chi connectivity index (χ4v) is 3.27. The number of pyridine rings is 1. The Kier molecular flexibility index (Phi) is 4.87. The molecule has 0 saturated carbocycles. The third-order valence-electron chi connectivity index (χ3n) is 4.70. The van der Waals surface area contributed by atoms with E-state index in [1.54, 1.807) is 17.7 Å². The molecule has 0 aliphatic heterocycles. The zero-order chi connectivity index (χ0) is 20.5. The molecule has 1 N–H and O–H groups in total. The molecular formula is C20H23N7O2. The summed E-state index contributed by atoms with van der Waals surface area (Å²) in [6.07, 6.45) is 3.77. The summed E-state index contributed by atoms with van der Waals surface area (Å²) < 4.78 is 8.97. The summed E-state index contributed by atoms with van der Waals surface area (Å²) in [6.45, 7) is 9.01. The van der Waals surface area contributed by atoms with Crippen molar-refractivity contribution in [1.29, 1.82) is 0 Å². The van der Waals surface area contributed by atoms with Crippen LogP contribution >= 0.6 is 0 Å². The monoisotopic (exact) mass is 393 g/mol. The first-order chi connectivity index (χ1) is 13.9. The van der Waals surface area contributed by atoms with Crippen molar-refractivity contribution in [2.75, 3.05) is 0 Å². The number of nitrogens with zero attached hydrogens (tertiary/aromatic N) is 6. The molecule has 0 radical (unpaired) electrons. The van der Waals surface area contributed by atoms with Gasteiger partial charge >= 0.3 is 0 Å². The first-order valence-corrected chi connectivity index (χ1v) is 9.56. The minimum Gasteiger partial charge on any atom is -0.348 e. The molecule has 4 rings (SSSR count). The van der Waals surface area contributed by atoms with Crippen molar-refractivity contribution in [3.63, 3.8) is 0 Å². The molecule has 9 nitrogen and oxygen atoms in total. The molecule has 0 spiro atoms. The van der Waals surface area contributed by atoms with Gasteiger partial charge in [-0.2, -0.15) is 10.2 Å². The third kappa shape index (κ3) is 3.75. The topological polar surface area (TPSA) is 104 Å². The van der Waals surface area contributed by atoms with E-state index >= 15 is 0 Å². The van der Waals surface area contributed by atoms with Crippen LogP contribution in [0, 0.1) is 13.8 Å². The van der Waals surface area contributed by atoms with E-state index in [0.29, 0.717) is 40.3 Å². The molecule has 0 fully saturated rings. The zero-order valence-electron chi connectivity index (χ0n) is 16.9. The summed E-state index contributed by atoms with van der Waals surface area (Å²) in [6, 6.07) is 5.43. The molecule has 150 valence electrons. The lowest BCUT2D eigenvalue weighted by Gasteiger charge is -2.14. The molecule has 4 aromatic rings. The van der Waals surface area contributed by atoms with Gasteiger partial charge in [-0.3, -0.25) is 14.2 Å². The molecule has 0 saturated heterocycles. The minimum absolute atomic E-state index is 0.118. The van der Waals surface area contributed by atoms with Gasteiger partial charge in [0.2, 0.25) is 0 Å². The van der Waals surface area contributed by atoms with Crippen LogP contribution in [0.5, 0.6) is 0 Å². The summed E-state index contributed by atoms with van der Waals surface area (Å²) in [4.78, 5) is 17.6. The van der Waals surface area contributed by atoms with Crippen LogP contribution in [0.15, 0.2) is 35.1 Å². The molecule has 4 aromatic heterocycles. The van der Waals surface area contributed by atoms with Gasteiger partial charge in [0.15, 0.2) is 0 Å². The third-order valence-corrected chi connectivity index (χ3v) is 4.70. The average molecular weight is 393 g/mol. The standard InChI is InChI=1S/C20H23N7O2/c1-5-26-9-7-16(24-26)17-10-15(18-14(4)25-29-20(18)22-17)19(28)21-13(3)11-27-8-6-12(2)23-27/h6-10,13H,5,11H2,1-4H3,(H,21,28). The molecule has 0 aromatic carbocycles. The lowest BCUT2D eigenvalue weighted by molar-refractivity contribution is 0.0937. The molecule has 29 heavy (non-hydrogen) atoms. The highest BCUT2D eigenvalue weighted by atomic mass is 16.5. The normalized spacial score (nSPS) is 12.4. The van der Waals surface area contributed by atoms with Gasteiger partial charge in [0, 0.05) is 25.0 Å². The van der Waals surface area contributed by atoms with E-state index in [1.807, 2.05) is 50.0 Å². The van der Waals surface area contributed by atoms with Crippen LogP contribution in [0.3, 0.4) is 0 Å². The number of amides is 1. The van der Waals surface area contributed by atoms with Gasteiger partial charge in [0.25, 0.3) is 11.6 Å². The highest BCUT2D eigenvalue weighted by Crippen LogP contribution is 2.26. The zero-order valence-corrected chi connectivity index (χ0v) is 16.9. The number of nitrogens with one attached hydrogen (secondary N) is 1. The lowest BCUT2D eigenvalue weighted by atomic mass is 10.1. The van der Waals surface area contributed by atoms with Gasteiger partial charge in [0.1, 0.15) is 5.69 Å². The molecule has 0 aliphatic rings. The Morgan fingerprint density at radius 1 is 1.17 bits per heavy atom. The van der Waals surface area contributed by atoms with Crippen molar-refractivity contribution in [1.82, 2.24) is 35.0 Å². The highest BCUT2D eigenvalue weighted by molar-refractivity contribution is 6.07. The molecular weight excluding hydrogens is 370 g/mol. The van der Waals surface area contributed by atoms with Crippen molar-refractivity contribution in [2.45, 2.75) is 46.8 Å². The van der Waals surface area contributed by atoms with Crippen molar-refractivity contribution in [3.05, 3.63) is 47.5 Å². The first kappa shape index (κ1) is 18.9. The lowest BCUT2D eigenvalue weighted by Crippen LogP contribution is -2.36. The number of aryl methyl sites for hydroxylation is 3. The summed E-state index contributed by atoms with van der Waals surface area (Å²) in [5, 5.41) is 16.5. The van der Waals surface area contributed by atoms with Gasteiger partial charge < -0.3 is 9.84 Å². The second-order valence-corrected chi connectivity index (χ2v) is 7.11. The molecule has 0 bridgehead atoms. The smallest absolute Gasteiger partial charge is 0.259 e. The maximum Gasteiger partial charge on any atom is 0.259 e. The van der Waals surface area contributed by atoms with E-state index in [4.69, 9.17) is 4.52 Å². The van der Waals surface area contributed by atoms with Crippen molar-refractivity contribution in [2.24, 2.45) is 0 Å². The number of carbonyl (C=O) groups is 1. The summed E-state index contributed by atoms with van der Waals surface area (Å²) in [5.74, 6) is -0.212. The van der Waals surface area contributed by atoms with Crippen LogP contribution in [0.4, 0.5) is 0 Å². The SMILES string of the molecule is CCn1ccc(-c2cc(C(=O)NC(C)Cn3ccc(C)n3)c3c(C)noc3n2)n1. The maximum absolute atomic E-state index is 13.1. The Labute approximate surface area is 167 Å². The quantitative estimate of drug-likeness (QED) is 0.540. The van der Waals surface area contributed by atoms with E-state index in [9.17, 15) is 4.79 Å². The van der Waals surface area contributed by atoms with Gasteiger partial charge in [-0.25, -0.2) is 4.98 Å². The van der Waals surface area contributed by atoms with Crippen LogP contribution in [0.25, 0.3) is 22.5 Å². The molecule has 4 heterocycles. The van der Waals surface area contributed by atoms with E-state index in [0.717, 1.165) is 12.2 Å². The summed E-state index contributed by atoms with van der Waals surface area (Å²) in [7, 11) is 0. The van der Waals surface area contributed by atoms with Crippen LogP contribution in [0.1, 0.15) is 35.6 Å². The first-order valence-electron chi connectivity index (χ1n) is 9.56. The Bertz CT molecular complexity index is 1170. The Hall–Kier alpha value is -3.49. The van der Waals surface area contributed by atoms with E-state index < -0.39 is 0 Å². The van der Waals surface area contributed by atoms with Crippen molar-refractivity contribution >= 4 is 17.0 Å². The van der Waals surface area contributed by atoms with E-state index in [-0.39, 0.29) is 11.9 Å². The molecule has 1 unspecified atom stereocenters. The Morgan fingerprint density at radius 3 is 2.66 bits per heavy atom. The molecule has 1 atom stereocenters. The van der Waals surface area contributed by atoms with Crippen LogP contribution < -0.4 is 5.32 Å². The number of carbonyl (C=O) groups excluding carboxylic acids is 1. The summed E-state index contributed by atoms with van der Waals surface area (Å²) >= 11 is 0. The van der Waals surface area contributed by atoms with Gasteiger partial charge in [-0.05, 0) is 45.9 Å². The number of hydrogen-bond acceptors (Lipinski definition) is 6. The minimum atomic E-state index is -0.212. The number of rotatable bonds is 6. The molecule has 1 amide bonds. The van der Waals surface area contributed by atoms with Crippen LogP contribution in [-0.2, 0) is 13.1 Å². The molecule has 0 aliphatic carbocycles. The fraction of sp³-hybridized carbons (Fsp3) is 0.350. The maximum atomic E-state index is 13.1. The van der Waals surface area contributed by atoms with Gasteiger partial charge in [-0.1, -0.05) is 5.16 Å².